The molecule has 4 aliphatic heterocycles. The Morgan fingerprint density at radius 2 is 1.09 bits per heavy atom. The van der Waals surface area contributed by atoms with Gasteiger partial charge in [-0.2, -0.15) is 0 Å². The number of halogens is 2. The van der Waals surface area contributed by atoms with Crippen molar-refractivity contribution in [1.29, 1.82) is 0 Å². The molecule has 0 aromatic heterocycles. The van der Waals surface area contributed by atoms with Gasteiger partial charge in [0, 0.05) is 15.0 Å². The number of benzene rings is 4. The lowest BCUT2D eigenvalue weighted by Crippen LogP contribution is -2.42. The van der Waals surface area contributed by atoms with Gasteiger partial charge < -0.3 is 52.1 Å². The molecule has 4 aliphatic rings. The average molecular weight is 1120 g/mol. The summed E-state index contributed by atoms with van der Waals surface area (Å²) in [4.78, 5) is 0. The van der Waals surface area contributed by atoms with Crippen molar-refractivity contribution in [3.05, 3.63) is 119 Å². The highest BCUT2D eigenvalue weighted by Gasteiger charge is 2.29. The second-order valence-electron chi connectivity index (χ2n) is 15.8. The van der Waals surface area contributed by atoms with E-state index in [0.29, 0.717) is 99.2 Å². The summed E-state index contributed by atoms with van der Waals surface area (Å²) in [5.41, 5.74) is 5.18. The molecule has 13 heteroatoms. The third-order valence-corrected chi connectivity index (χ3v) is 13.4. The van der Waals surface area contributed by atoms with Gasteiger partial charge >= 0.3 is 0 Å². The first kappa shape index (κ1) is 53.2. The van der Waals surface area contributed by atoms with Crippen molar-refractivity contribution >= 4 is 45.2 Å². The monoisotopic (exact) mass is 1120 g/mol. The standard InChI is InChI=1S/C52H70I2O11/c1-6-40-35-38(4)41-9-19-48(20-10-41)64-51(61-33-30-56-26-25-55-7-2)52(65-49-23-11-42(40)12-24-49)62-34-31-58-28-27-57-29-32-60-39(5)63-47-21-13-43(14-22-47)45(37-53)36-50(54)44-15-17-46(18-16-44)59-8-3/h9-24,38-40,45,50-52H,6-8,25-37H2,1-5H3. The topological polar surface area (TPSA) is 102 Å². The molecular formula is C52H70I2O11. The van der Waals surface area contributed by atoms with Gasteiger partial charge in [0.05, 0.1) is 72.7 Å². The van der Waals surface area contributed by atoms with E-state index in [1.165, 1.54) is 22.3 Å². The lowest BCUT2D eigenvalue weighted by atomic mass is 9.84. The summed E-state index contributed by atoms with van der Waals surface area (Å²) < 4.78 is 67.1. The number of hydrogen-bond donors (Lipinski definition) is 0. The van der Waals surface area contributed by atoms with Gasteiger partial charge in [-0.15, -0.1) is 0 Å². The van der Waals surface area contributed by atoms with Crippen molar-refractivity contribution in [2.75, 3.05) is 83.7 Å². The molecule has 7 atom stereocenters. The second-order valence-corrected chi connectivity index (χ2v) is 18.2. The highest BCUT2D eigenvalue weighted by atomic mass is 127. The van der Waals surface area contributed by atoms with E-state index in [4.69, 9.17) is 52.1 Å². The average Bonchev–Trinajstić information content (AvgIpc) is 3.33. The number of alkyl halides is 2. The molecule has 0 spiro atoms. The first-order valence-corrected chi connectivity index (χ1v) is 26.0. The van der Waals surface area contributed by atoms with Gasteiger partial charge in [-0.3, -0.25) is 0 Å². The maximum Gasteiger partial charge on any atom is 0.263 e. The van der Waals surface area contributed by atoms with Crippen LogP contribution in [-0.2, 0) is 33.2 Å². The minimum Gasteiger partial charge on any atom is -0.494 e. The van der Waals surface area contributed by atoms with Gasteiger partial charge in [-0.1, -0.05) is 108 Å². The molecule has 4 bridgehead atoms. The number of hydrogen-bond acceptors (Lipinski definition) is 11. The molecule has 7 unspecified atom stereocenters. The van der Waals surface area contributed by atoms with Crippen LogP contribution in [0.25, 0.3) is 0 Å². The molecule has 11 nitrogen and oxygen atoms in total. The summed E-state index contributed by atoms with van der Waals surface area (Å²) in [6, 6.07) is 33.4. The van der Waals surface area contributed by atoms with E-state index in [-0.39, 0.29) is 13.2 Å². The number of rotatable bonds is 29. The Balaban J connectivity index is 1.03. The molecule has 8 rings (SSSR count). The Morgan fingerprint density at radius 3 is 1.63 bits per heavy atom. The fraction of sp³-hybridized carbons (Fsp3) is 0.538. The Morgan fingerprint density at radius 1 is 0.585 bits per heavy atom. The predicted molar refractivity (Wildman–Crippen MR) is 272 cm³/mol. The summed E-state index contributed by atoms with van der Waals surface area (Å²) in [5.74, 6) is 4.26. The van der Waals surface area contributed by atoms with E-state index in [9.17, 15) is 0 Å². The normalized spacial score (nSPS) is 18.8. The Bertz CT molecular complexity index is 1830. The van der Waals surface area contributed by atoms with Crippen LogP contribution in [0.2, 0.25) is 0 Å². The van der Waals surface area contributed by atoms with Gasteiger partial charge in [-0.25, -0.2) is 0 Å². The zero-order valence-electron chi connectivity index (χ0n) is 38.8. The second kappa shape index (κ2) is 30.6. The molecule has 0 saturated carbocycles. The minimum absolute atomic E-state index is 0.241. The van der Waals surface area contributed by atoms with Gasteiger partial charge in [0.15, 0.2) is 6.29 Å². The largest absolute Gasteiger partial charge is 0.494 e. The first-order chi connectivity index (χ1) is 31.8. The van der Waals surface area contributed by atoms with Crippen LogP contribution in [0.5, 0.6) is 23.0 Å². The van der Waals surface area contributed by atoms with E-state index >= 15 is 0 Å². The summed E-state index contributed by atoms with van der Waals surface area (Å²) in [6.45, 7) is 15.5. The van der Waals surface area contributed by atoms with Crippen LogP contribution >= 0.6 is 45.2 Å². The van der Waals surface area contributed by atoms with Gasteiger partial charge in [0.1, 0.15) is 23.0 Å². The quantitative estimate of drug-likeness (QED) is 0.0225. The molecule has 0 aliphatic carbocycles. The summed E-state index contributed by atoms with van der Waals surface area (Å²) in [5, 5.41) is 0. The maximum atomic E-state index is 6.44. The zero-order chi connectivity index (χ0) is 46.1. The third-order valence-electron chi connectivity index (χ3n) is 11.1. The van der Waals surface area contributed by atoms with Gasteiger partial charge in [0.2, 0.25) is 0 Å². The molecule has 4 aromatic carbocycles. The molecular weight excluding hydrogens is 1050 g/mol. The first-order valence-electron chi connectivity index (χ1n) is 23.2. The molecule has 4 aromatic rings. The van der Waals surface area contributed by atoms with E-state index in [1.54, 1.807) is 0 Å². The summed E-state index contributed by atoms with van der Waals surface area (Å²) in [7, 11) is 0. The summed E-state index contributed by atoms with van der Waals surface area (Å²) >= 11 is 5.04. The Hall–Kier alpha value is -2.74. The molecule has 0 radical (unpaired) electrons. The van der Waals surface area contributed by atoms with Crippen molar-refractivity contribution < 1.29 is 52.1 Å². The fourth-order valence-corrected chi connectivity index (χ4v) is 9.36. The van der Waals surface area contributed by atoms with Crippen molar-refractivity contribution in [3.63, 3.8) is 0 Å². The van der Waals surface area contributed by atoms with Crippen LogP contribution in [0, 0.1) is 0 Å². The fourth-order valence-electron chi connectivity index (χ4n) is 7.46. The SMILES string of the molecule is CCOCCOCCOC1Oc2ccc(cc2)C(C)CC(CC)c2ccc(cc2)OC1OCCOCCOCCOC(C)Oc1ccc(C(CI)CC(I)c2ccc(OCC)cc2)cc1. The third kappa shape index (κ3) is 19.1. The van der Waals surface area contributed by atoms with Crippen molar-refractivity contribution in [1.82, 2.24) is 0 Å². The molecule has 0 fully saturated rings. The van der Waals surface area contributed by atoms with Crippen LogP contribution in [0.4, 0.5) is 0 Å². The Kier molecular flexibility index (Phi) is 25.1. The highest BCUT2D eigenvalue weighted by Crippen LogP contribution is 2.37. The zero-order valence-corrected chi connectivity index (χ0v) is 43.2. The van der Waals surface area contributed by atoms with Crippen LogP contribution in [0.15, 0.2) is 97.1 Å². The van der Waals surface area contributed by atoms with Crippen LogP contribution < -0.4 is 18.9 Å². The summed E-state index contributed by atoms with van der Waals surface area (Å²) in [6.07, 6.45) is 0.940. The molecule has 358 valence electrons. The van der Waals surface area contributed by atoms with Crippen molar-refractivity contribution in [3.8, 4) is 23.0 Å². The predicted octanol–water partition coefficient (Wildman–Crippen LogP) is 11.8. The van der Waals surface area contributed by atoms with Crippen LogP contribution in [-0.4, -0.2) is 103 Å². The van der Waals surface area contributed by atoms with Gasteiger partial charge in [-0.05, 0) is 129 Å². The van der Waals surface area contributed by atoms with Crippen LogP contribution in [0.3, 0.4) is 0 Å². The van der Waals surface area contributed by atoms with E-state index in [2.05, 4.69) is 120 Å². The van der Waals surface area contributed by atoms with Crippen molar-refractivity contribution in [2.24, 2.45) is 0 Å². The van der Waals surface area contributed by atoms with E-state index in [0.717, 1.165) is 35.2 Å². The van der Waals surface area contributed by atoms with Crippen LogP contribution in [0.1, 0.15) is 97.8 Å². The number of ether oxygens (including phenoxy) is 11. The smallest absolute Gasteiger partial charge is 0.263 e. The lowest BCUT2D eigenvalue weighted by molar-refractivity contribution is -0.234. The van der Waals surface area contributed by atoms with E-state index in [1.807, 2.05) is 57.2 Å². The maximum absolute atomic E-state index is 6.44. The van der Waals surface area contributed by atoms with Crippen molar-refractivity contribution in [2.45, 2.75) is 94.4 Å². The molecule has 0 saturated heterocycles. The molecule has 0 amide bonds. The van der Waals surface area contributed by atoms with Gasteiger partial charge in [0.25, 0.3) is 12.6 Å². The molecule has 65 heavy (non-hydrogen) atoms. The lowest BCUT2D eigenvalue weighted by Gasteiger charge is -2.28. The highest BCUT2D eigenvalue weighted by molar-refractivity contribution is 14.1. The molecule has 0 N–H and O–H groups in total. The van der Waals surface area contributed by atoms with E-state index < -0.39 is 18.9 Å². The Labute approximate surface area is 415 Å². The minimum atomic E-state index is -0.897. The molecule has 4 heterocycles.